The minimum absolute atomic E-state index is 0.0691. The van der Waals surface area contributed by atoms with Crippen molar-refractivity contribution >= 4 is 15.9 Å². The van der Waals surface area contributed by atoms with E-state index in [2.05, 4.69) is 0 Å². The molecule has 0 radical (unpaired) electrons. The maximum absolute atomic E-state index is 13.3. The Balaban J connectivity index is 1.96. The lowest BCUT2D eigenvalue weighted by molar-refractivity contribution is -0.145. The van der Waals surface area contributed by atoms with Gasteiger partial charge in [-0.3, -0.25) is 4.79 Å². The predicted octanol–water partition coefficient (Wildman–Crippen LogP) is 1.35. The van der Waals surface area contributed by atoms with Crippen molar-refractivity contribution < 1.29 is 17.9 Å². The number of likely N-dealkylation sites (tertiary alicyclic amines) is 1. The first-order valence-corrected chi connectivity index (χ1v) is 10.2. The zero-order valence-electron chi connectivity index (χ0n) is 14.8. The molecule has 0 saturated carbocycles. The van der Waals surface area contributed by atoms with E-state index in [1.54, 1.807) is 24.1 Å². The zero-order chi connectivity index (χ0) is 18.8. The van der Waals surface area contributed by atoms with E-state index >= 15 is 0 Å². The second-order valence-corrected chi connectivity index (χ2v) is 8.60. The number of hydrogen-bond donors (Lipinski definition) is 0. The molecule has 2 heterocycles. The van der Waals surface area contributed by atoms with Gasteiger partial charge >= 0.3 is 0 Å². The van der Waals surface area contributed by atoms with Gasteiger partial charge in [-0.25, -0.2) is 8.42 Å². The number of piperidine rings is 1. The molecule has 1 aromatic rings. The monoisotopic (exact) mass is 377 g/mol. The van der Waals surface area contributed by atoms with Crippen LogP contribution in [0.3, 0.4) is 0 Å². The Morgan fingerprint density at radius 2 is 2.00 bits per heavy atom. The van der Waals surface area contributed by atoms with Crippen LogP contribution in [0.5, 0.6) is 0 Å². The van der Waals surface area contributed by atoms with E-state index in [1.807, 2.05) is 6.07 Å². The highest BCUT2D eigenvalue weighted by Gasteiger charge is 2.55. The number of nitrogens with zero attached hydrogens (tertiary/aromatic N) is 3. The molecule has 2 saturated heterocycles. The molecule has 0 N–H and O–H groups in total. The maximum atomic E-state index is 13.3. The summed E-state index contributed by atoms with van der Waals surface area (Å²) in [6, 6.07) is 7.95. The highest BCUT2D eigenvalue weighted by molar-refractivity contribution is 7.89. The van der Waals surface area contributed by atoms with E-state index in [9.17, 15) is 13.2 Å². The summed E-state index contributed by atoms with van der Waals surface area (Å²) in [7, 11) is -2.27. The first kappa shape index (κ1) is 18.8. The molecule has 3 rings (SSSR count). The van der Waals surface area contributed by atoms with Gasteiger partial charge in [-0.1, -0.05) is 6.07 Å². The molecule has 1 aromatic carbocycles. The molecule has 8 heteroatoms. The van der Waals surface area contributed by atoms with E-state index < -0.39 is 15.6 Å². The summed E-state index contributed by atoms with van der Waals surface area (Å²) in [5.41, 5.74) is -0.718. The Morgan fingerprint density at radius 1 is 1.27 bits per heavy atom. The fourth-order valence-electron chi connectivity index (χ4n) is 4.00. The van der Waals surface area contributed by atoms with Crippen LogP contribution in [0.4, 0.5) is 0 Å². The number of nitriles is 1. The normalized spacial score (nSPS) is 24.2. The maximum Gasteiger partial charge on any atom is 0.244 e. The predicted molar refractivity (Wildman–Crippen MR) is 94.7 cm³/mol. The number of benzene rings is 1. The second-order valence-electron chi connectivity index (χ2n) is 6.74. The van der Waals surface area contributed by atoms with Crippen LogP contribution in [0.25, 0.3) is 0 Å². The summed E-state index contributed by atoms with van der Waals surface area (Å²) in [5, 5.41) is 9.06. The van der Waals surface area contributed by atoms with Gasteiger partial charge in [0.1, 0.15) is 5.54 Å². The summed E-state index contributed by atoms with van der Waals surface area (Å²) < 4.78 is 33.0. The van der Waals surface area contributed by atoms with Crippen molar-refractivity contribution in [1.29, 1.82) is 5.26 Å². The third-order valence-electron chi connectivity index (χ3n) is 5.25. The number of sulfonamides is 1. The quantitative estimate of drug-likeness (QED) is 0.772. The van der Waals surface area contributed by atoms with Crippen molar-refractivity contribution in [2.75, 3.05) is 33.4 Å². The third kappa shape index (κ3) is 3.11. The smallest absolute Gasteiger partial charge is 0.244 e. The zero-order valence-corrected chi connectivity index (χ0v) is 15.7. The van der Waals surface area contributed by atoms with Crippen LogP contribution in [0, 0.1) is 11.3 Å². The van der Waals surface area contributed by atoms with Crippen LogP contribution in [0.1, 0.15) is 31.2 Å². The van der Waals surface area contributed by atoms with Gasteiger partial charge in [0.15, 0.2) is 0 Å². The number of carbonyl (C=O) groups excluding carboxylic acids is 1. The van der Waals surface area contributed by atoms with E-state index in [4.69, 9.17) is 10.00 Å². The van der Waals surface area contributed by atoms with Crippen LogP contribution >= 0.6 is 0 Å². The van der Waals surface area contributed by atoms with Crippen molar-refractivity contribution in [1.82, 2.24) is 9.21 Å². The molecule has 0 aromatic heterocycles. The molecule has 0 bridgehead atoms. The van der Waals surface area contributed by atoms with Gasteiger partial charge in [0.25, 0.3) is 0 Å². The fourth-order valence-corrected chi connectivity index (χ4v) is 5.87. The molecule has 1 spiro atoms. The van der Waals surface area contributed by atoms with E-state index in [-0.39, 0.29) is 16.4 Å². The molecule has 7 nitrogen and oxygen atoms in total. The second kappa shape index (κ2) is 7.35. The summed E-state index contributed by atoms with van der Waals surface area (Å²) in [5.74, 6) is -0.127. The van der Waals surface area contributed by atoms with Gasteiger partial charge in [0, 0.05) is 26.7 Å². The third-order valence-corrected chi connectivity index (χ3v) is 7.21. The van der Waals surface area contributed by atoms with Crippen LogP contribution in [0.15, 0.2) is 29.2 Å². The van der Waals surface area contributed by atoms with E-state index in [0.29, 0.717) is 45.5 Å². The number of methoxy groups -OCH3 is 1. The van der Waals surface area contributed by atoms with Gasteiger partial charge in [-0.05, 0) is 43.9 Å². The van der Waals surface area contributed by atoms with E-state index in [0.717, 1.165) is 6.42 Å². The summed E-state index contributed by atoms with van der Waals surface area (Å²) in [4.78, 5) is 15.0. The van der Waals surface area contributed by atoms with Crippen LogP contribution < -0.4 is 0 Å². The number of ether oxygens (including phenoxy) is 1. The van der Waals surface area contributed by atoms with Crippen LogP contribution in [-0.4, -0.2) is 62.4 Å². The number of hydrogen-bond acceptors (Lipinski definition) is 5. The molecule has 1 unspecified atom stereocenters. The van der Waals surface area contributed by atoms with Gasteiger partial charge in [-0.15, -0.1) is 0 Å². The Bertz CT molecular complexity index is 833. The largest absolute Gasteiger partial charge is 0.383 e. The number of rotatable bonds is 5. The number of carbonyl (C=O) groups is 1. The topological polar surface area (TPSA) is 90.7 Å². The van der Waals surface area contributed by atoms with Crippen molar-refractivity contribution in [2.45, 2.75) is 36.1 Å². The molecule has 0 aliphatic carbocycles. The lowest BCUT2D eigenvalue weighted by atomic mass is 9.86. The lowest BCUT2D eigenvalue weighted by Gasteiger charge is -2.43. The summed E-state index contributed by atoms with van der Waals surface area (Å²) in [6.45, 7) is 1.85. The van der Waals surface area contributed by atoms with Gasteiger partial charge in [0.05, 0.1) is 23.1 Å². The number of amides is 1. The van der Waals surface area contributed by atoms with Gasteiger partial charge < -0.3 is 9.64 Å². The minimum atomic E-state index is -3.85. The SMILES string of the molecule is COCCN1CCCC2(CCCN2S(=O)(=O)c2cccc(C#N)c2)C1=O. The standard InChI is InChI=1S/C18H23N3O4S/c1-25-12-11-20-9-3-7-18(17(20)22)8-4-10-21(18)26(23,24)16-6-2-5-15(13-16)14-19/h2,5-6,13H,3-4,7-12H2,1H3. The molecular weight excluding hydrogens is 354 g/mol. The molecule has 1 amide bonds. The molecular formula is C18H23N3O4S. The molecule has 2 aliphatic heterocycles. The molecule has 2 aliphatic rings. The van der Waals surface area contributed by atoms with Crippen molar-refractivity contribution in [2.24, 2.45) is 0 Å². The highest BCUT2D eigenvalue weighted by Crippen LogP contribution is 2.41. The van der Waals surface area contributed by atoms with Gasteiger partial charge in [-0.2, -0.15) is 9.57 Å². The van der Waals surface area contributed by atoms with Gasteiger partial charge in [0.2, 0.25) is 15.9 Å². The average molecular weight is 377 g/mol. The fraction of sp³-hybridized carbons (Fsp3) is 0.556. The van der Waals surface area contributed by atoms with Crippen molar-refractivity contribution in [3.63, 3.8) is 0 Å². The van der Waals surface area contributed by atoms with Crippen molar-refractivity contribution in [3.8, 4) is 6.07 Å². The Kier molecular flexibility index (Phi) is 5.32. The summed E-state index contributed by atoms with van der Waals surface area (Å²) >= 11 is 0. The average Bonchev–Trinajstić information content (AvgIpc) is 3.08. The molecule has 26 heavy (non-hydrogen) atoms. The Labute approximate surface area is 154 Å². The summed E-state index contributed by atoms with van der Waals surface area (Å²) in [6.07, 6.45) is 2.49. The molecule has 2 fully saturated rings. The Morgan fingerprint density at radius 3 is 2.69 bits per heavy atom. The highest BCUT2D eigenvalue weighted by atomic mass is 32.2. The lowest BCUT2D eigenvalue weighted by Crippen LogP contribution is -2.61. The first-order chi connectivity index (χ1) is 12.5. The first-order valence-electron chi connectivity index (χ1n) is 8.77. The van der Waals surface area contributed by atoms with Crippen LogP contribution in [0.2, 0.25) is 0 Å². The minimum Gasteiger partial charge on any atom is -0.383 e. The van der Waals surface area contributed by atoms with Crippen molar-refractivity contribution in [3.05, 3.63) is 29.8 Å². The van der Waals surface area contributed by atoms with E-state index in [1.165, 1.54) is 16.4 Å². The van der Waals surface area contributed by atoms with Crippen LogP contribution in [-0.2, 0) is 19.6 Å². The molecule has 1 atom stereocenters. The molecule has 140 valence electrons. The Hall–Kier alpha value is -1.95.